The number of phosphoric acid groups is 1. The third-order valence-corrected chi connectivity index (χ3v) is 10.8. The number of esters is 1. The SMILES string of the molecule is CCCCCCCC/C=C/CCCCCCCCCCCC(=O)OCC(O)COP(=O)(O)OCC(NC(=O)CCCCCCCCCCCCCC)C(=O)O. The summed E-state index contributed by atoms with van der Waals surface area (Å²) in [4.78, 5) is 45.8. The van der Waals surface area contributed by atoms with E-state index in [0.29, 0.717) is 12.8 Å². The minimum Gasteiger partial charge on any atom is -0.480 e. The first-order valence-electron chi connectivity index (χ1n) is 22.2. The predicted molar refractivity (Wildman–Crippen MR) is 222 cm³/mol. The number of nitrogens with one attached hydrogen (secondary N) is 1. The van der Waals surface area contributed by atoms with Crippen LogP contribution < -0.4 is 5.32 Å². The zero-order chi connectivity index (χ0) is 40.7. The van der Waals surface area contributed by atoms with E-state index in [0.717, 1.165) is 38.5 Å². The van der Waals surface area contributed by atoms with Gasteiger partial charge in [0, 0.05) is 12.8 Å². The van der Waals surface area contributed by atoms with E-state index < -0.39 is 57.6 Å². The number of hydrogen-bond acceptors (Lipinski definition) is 8. The second-order valence-corrected chi connectivity index (χ2v) is 16.7. The van der Waals surface area contributed by atoms with Gasteiger partial charge in [-0.1, -0.05) is 174 Å². The molecule has 11 nitrogen and oxygen atoms in total. The van der Waals surface area contributed by atoms with E-state index in [-0.39, 0.29) is 12.8 Å². The lowest BCUT2D eigenvalue weighted by atomic mass is 10.0. The highest BCUT2D eigenvalue weighted by molar-refractivity contribution is 7.47. The number of hydrogen-bond donors (Lipinski definition) is 4. The van der Waals surface area contributed by atoms with Crippen LogP contribution in [0.1, 0.15) is 213 Å². The first-order chi connectivity index (χ1) is 26.6. The number of aliphatic carboxylic acids is 1. The van der Waals surface area contributed by atoms with Crippen molar-refractivity contribution in [2.45, 2.75) is 225 Å². The molecule has 3 unspecified atom stereocenters. The number of aliphatic hydroxyl groups excluding tert-OH is 1. The van der Waals surface area contributed by atoms with E-state index in [4.69, 9.17) is 13.8 Å². The molecule has 0 aromatic heterocycles. The van der Waals surface area contributed by atoms with Crippen LogP contribution in [0.5, 0.6) is 0 Å². The lowest BCUT2D eigenvalue weighted by Crippen LogP contribution is -2.43. The Morgan fingerprint density at radius 1 is 0.564 bits per heavy atom. The number of carbonyl (C=O) groups excluding carboxylic acids is 2. The Kier molecular flexibility index (Phi) is 37.8. The molecule has 0 rings (SSSR count). The zero-order valence-electron chi connectivity index (χ0n) is 35.0. The Bertz CT molecular complexity index is 995. The fourth-order valence-corrected chi connectivity index (χ4v) is 7.08. The van der Waals surface area contributed by atoms with Crippen molar-refractivity contribution in [1.82, 2.24) is 5.32 Å². The van der Waals surface area contributed by atoms with Gasteiger partial charge in [0.1, 0.15) is 12.7 Å². The Balaban J connectivity index is 3.85. The summed E-state index contributed by atoms with van der Waals surface area (Å²) in [6.45, 7) is 2.59. The van der Waals surface area contributed by atoms with E-state index in [1.165, 1.54) is 135 Å². The molecule has 0 aromatic rings. The summed E-state index contributed by atoms with van der Waals surface area (Å²) in [7, 11) is -4.75. The van der Waals surface area contributed by atoms with Crippen molar-refractivity contribution in [2.75, 3.05) is 19.8 Å². The van der Waals surface area contributed by atoms with Crippen molar-refractivity contribution >= 4 is 25.7 Å². The van der Waals surface area contributed by atoms with Gasteiger partial charge in [0.25, 0.3) is 0 Å². The summed E-state index contributed by atoms with van der Waals surface area (Å²) < 4.78 is 26.8. The molecule has 0 saturated carbocycles. The van der Waals surface area contributed by atoms with E-state index in [9.17, 15) is 34.1 Å². The molecule has 0 spiro atoms. The molecule has 0 aliphatic carbocycles. The van der Waals surface area contributed by atoms with Gasteiger partial charge >= 0.3 is 19.8 Å². The first-order valence-corrected chi connectivity index (χ1v) is 23.7. The quantitative estimate of drug-likeness (QED) is 0.0202. The number of ether oxygens (including phenoxy) is 1. The van der Waals surface area contributed by atoms with Crippen molar-refractivity contribution in [3.8, 4) is 0 Å². The summed E-state index contributed by atoms with van der Waals surface area (Å²) in [6.07, 6.45) is 38.1. The summed E-state index contributed by atoms with van der Waals surface area (Å²) in [6, 6.07) is -1.54. The number of rotatable bonds is 42. The molecular formula is C43H82NO10P. The molecule has 0 aromatic carbocycles. The molecule has 4 N–H and O–H groups in total. The average molecular weight is 804 g/mol. The van der Waals surface area contributed by atoms with Crippen LogP contribution in [-0.2, 0) is 32.7 Å². The fourth-order valence-electron chi connectivity index (χ4n) is 6.31. The van der Waals surface area contributed by atoms with Gasteiger partial charge < -0.3 is 25.2 Å². The Morgan fingerprint density at radius 2 is 0.945 bits per heavy atom. The molecule has 12 heteroatoms. The van der Waals surface area contributed by atoms with Gasteiger partial charge in [0.15, 0.2) is 6.04 Å². The van der Waals surface area contributed by atoms with Crippen LogP contribution >= 0.6 is 7.82 Å². The smallest absolute Gasteiger partial charge is 0.472 e. The van der Waals surface area contributed by atoms with Crippen LogP contribution in [0, 0.1) is 0 Å². The largest absolute Gasteiger partial charge is 0.480 e. The molecular weight excluding hydrogens is 721 g/mol. The fraction of sp³-hybridized carbons (Fsp3) is 0.884. The van der Waals surface area contributed by atoms with Gasteiger partial charge in [-0.2, -0.15) is 0 Å². The topological polar surface area (TPSA) is 169 Å². The number of amides is 1. The molecule has 0 aliphatic heterocycles. The highest BCUT2D eigenvalue weighted by Crippen LogP contribution is 2.43. The maximum atomic E-state index is 12.3. The Morgan fingerprint density at radius 3 is 1.38 bits per heavy atom. The molecule has 55 heavy (non-hydrogen) atoms. The van der Waals surface area contributed by atoms with E-state index in [1.807, 2.05) is 0 Å². The molecule has 0 radical (unpaired) electrons. The van der Waals surface area contributed by atoms with Gasteiger partial charge in [-0.3, -0.25) is 18.6 Å². The summed E-state index contributed by atoms with van der Waals surface area (Å²) in [5, 5.41) is 21.8. The molecule has 1 amide bonds. The Hall–Kier alpha value is -1.78. The number of carboxylic acids is 1. The lowest BCUT2D eigenvalue weighted by molar-refractivity contribution is -0.147. The first kappa shape index (κ1) is 53.2. The van der Waals surface area contributed by atoms with Gasteiger partial charge in [0.05, 0.1) is 13.2 Å². The number of allylic oxidation sites excluding steroid dienone is 2. The summed E-state index contributed by atoms with van der Waals surface area (Å²) in [5.74, 6) is -2.36. The maximum absolute atomic E-state index is 12.3. The molecule has 0 fully saturated rings. The van der Waals surface area contributed by atoms with Crippen LogP contribution in [0.15, 0.2) is 12.2 Å². The normalized spacial score (nSPS) is 13.8. The third-order valence-electron chi connectivity index (χ3n) is 9.80. The van der Waals surface area contributed by atoms with Crippen LogP contribution in [0.4, 0.5) is 0 Å². The number of carbonyl (C=O) groups is 3. The van der Waals surface area contributed by atoms with Crippen molar-refractivity contribution in [3.63, 3.8) is 0 Å². The highest BCUT2D eigenvalue weighted by Gasteiger charge is 2.28. The van der Waals surface area contributed by atoms with Crippen molar-refractivity contribution < 1.29 is 47.8 Å². The number of unbranched alkanes of at least 4 members (excludes halogenated alkanes) is 26. The lowest BCUT2D eigenvalue weighted by Gasteiger charge is -2.18. The second-order valence-electron chi connectivity index (χ2n) is 15.2. The van der Waals surface area contributed by atoms with Crippen LogP contribution in [0.25, 0.3) is 0 Å². The molecule has 0 heterocycles. The van der Waals surface area contributed by atoms with E-state index >= 15 is 0 Å². The van der Waals surface area contributed by atoms with E-state index in [1.54, 1.807) is 0 Å². The number of phosphoric ester groups is 1. The van der Waals surface area contributed by atoms with Gasteiger partial charge in [0.2, 0.25) is 5.91 Å². The van der Waals surface area contributed by atoms with Crippen molar-refractivity contribution in [3.05, 3.63) is 12.2 Å². The van der Waals surface area contributed by atoms with Gasteiger partial charge in [-0.15, -0.1) is 0 Å². The summed E-state index contributed by atoms with van der Waals surface area (Å²) in [5.41, 5.74) is 0. The monoisotopic (exact) mass is 804 g/mol. The average Bonchev–Trinajstić information content (AvgIpc) is 3.16. The number of aliphatic hydroxyl groups is 1. The molecule has 0 saturated heterocycles. The van der Waals surface area contributed by atoms with Crippen LogP contribution in [0.3, 0.4) is 0 Å². The molecule has 0 aliphatic rings. The van der Waals surface area contributed by atoms with Crippen LogP contribution in [0.2, 0.25) is 0 Å². The molecule has 324 valence electrons. The van der Waals surface area contributed by atoms with Crippen LogP contribution in [-0.4, -0.2) is 64.9 Å². The van der Waals surface area contributed by atoms with E-state index in [2.05, 4.69) is 31.3 Å². The minimum absolute atomic E-state index is 0.150. The summed E-state index contributed by atoms with van der Waals surface area (Å²) >= 11 is 0. The predicted octanol–water partition coefficient (Wildman–Crippen LogP) is 11.3. The highest BCUT2D eigenvalue weighted by atomic mass is 31.2. The van der Waals surface area contributed by atoms with Crippen molar-refractivity contribution in [1.29, 1.82) is 0 Å². The minimum atomic E-state index is -4.75. The molecule has 3 atom stereocenters. The van der Waals surface area contributed by atoms with Crippen molar-refractivity contribution in [2.24, 2.45) is 0 Å². The Labute approximate surface area is 335 Å². The van der Waals surface area contributed by atoms with Gasteiger partial charge in [-0.05, 0) is 38.5 Å². The number of carboxylic acid groups (broad SMARTS) is 1. The second kappa shape index (κ2) is 39.1. The third kappa shape index (κ3) is 38.9. The maximum Gasteiger partial charge on any atom is 0.472 e. The molecule has 0 bridgehead atoms. The standard InChI is InChI=1S/C43H82NO10P/c1-3-5-7-9-11-13-15-17-18-19-20-21-22-23-25-27-29-31-33-35-42(47)52-36-39(45)37-53-55(50,51)54-38-40(43(48)49)44-41(46)34-32-30-28-26-24-16-14-12-10-8-6-4-2/h17-18,39-40,45H,3-16,19-38H2,1-2H3,(H,44,46)(H,48,49)(H,50,51)/b18-17+. The van der Waals surface area contributed by atoms with Gasteiger partial charge in [-0.25, -0.2) is 9.36 Å². The zero-order valence-corrected chi connectivity index (χ0v) is 35.9.